The Morgan fingerprint density at radius 3 is 2.82 bits per heavy atom. The van der Waals surface area contributed by atoms with E-state index in [0.29, 0.717) is 23.3 Å². The van der Waals surface area contributed by atoms with Gasteiger partial charge in [0.15, 0.2) is 0 Å². The highest BCUT2D eigenvalue weighted by molar-refractivity contribution is 5.89. The number of hydrogen-bond acceptors (Lipinski definition) is 3. The standard InChI is InChI=1S/C28H37N3O2/c1-27-13-11-21-19(7-10-24-28(21,2)14-12-26(32)31(24)3)20(27)8-5-17(27)15-25-29-22-9-6-18(33-4)16-23(22)30-25/h6,9,12,14,16-17,19-21,24H,5,7-8,10-11,13,15H2,1-4H3,(H,29,30)/t17-,19+,20+,21+,24-,27-,28-/m1/s1. The molecule has 2 aromatic rings. The number of carbonyl (C=O) groups is 1. The van der Waals surface area contributed by atoms with Crippen molar-refractivity contribution in [2.45, 2.75) is 64.8 Å². The number of amides is 1. The highest BCUT2D eigenvalue weighted by atomic mass is 16.5. The molecule has 0 saturated heterocycles. The topological polar surface area (TPSA) is 58.2 Å². The highest BCUT2D eigenvalue weighted by Gasteiger charge is 2.60. The summed E-state index contributed by atoms with van der Waals surface area (Å²) in [5, 5.41) is 0. The summed E-state index contributed by atoms with van der Waals surface area (Å²) >= 11 is 0. The zero-order valence-electron chi connectivity index (χ0n) is 20.4. The maximum absolute atomic E-state index is 12.3. The molecule has 3 saturated carbocycles. The number of rotatable bonds is 3. The van der Waals surface area contributed by atoms with Gasteiger partial charge >= 0.3 is 0 Å². The summed E-state index contributed by atoms with van der Waals surface area (Å²) in [6.45, 7) is 5.02. The van der Waals surface area contributed by atoms with Crippen LogP contribution >= 0.6 is 0 Å². The predicted octanol–water partition coefficient (Wildman–Crippen LogP) is 5.37. The Hall–Kier alpha value is -2.30. The monoisotopic (exact) mass is 447 g/mol. The lowest BCUT2D eigenvalue weighted by molar-refractivity contribution is -0.138. The van der Waals surface area contributed by atoms with Gasteiger partial charge in [-0.25, -0.2) is 4.98 Å². The van der Waals surface area contributed by atoms with E-state index in [1.54, 1.807) is 7.11 Å². The average Bonchev–Trinajstić information content (AvgIpc) is 3.36. The van der Waals surface area contributed by atoms with Crippen molar-refractivity contribution in [2.75, 3.05) is 14.2 Å². The number of nitrogens with one attached hydrogen (secondary N) is 1. The first-order chi connectivity index (χ1) is 15.8. The number of fused-ring (bicyclic) bond motifs is 6. The van der Waals surface area contributed by atoms with Crippen molar-refractivity contribution in [3.05, 3.63) is 36.2 Å². The van der Waals surface area contributed by atoms with Gasteiger partial charge in [-0.2, -0.15) is 0 Å². The molecule has 33 heavy (non-hydrogen) atoms. The van der Waals surface area contributed by atoms with Gasteiger partial charge in [0.1, 0.15) is 11.6 Å². The zero-order chi connectivity index (χ0) is 23.0. The maximum atomic E-state index is 12.3. The van der Waals surface area contributed by atoms with Crippen LogP contribution in [0.15, 0.2) is 30.4 Å². The maximum Gasteiger partial charge on any atom is 0.246 e. The normalized spacial score (nSPS) is 39.9. The number of imidazole rings is 1. The van der Waals surface area contributed by atoms with Gasteiger partial charge in [-0.3, -0.25) is 4.79 Å². The van der Waals surface area contributed by atoms with Crippen molar-refractivity contribution in [2.24, 2.45) is 34.5 Å². The molecule has 1 amide bonds. The average molecular weight is 448 g/mol. The highest BCUT2D eigenvalue weighted by Crippen LogP contribution is 2.65. The van der Waals surface area contributed by atoms with Gasteiger partial charge in [0.25, 0.3) is 0 Å². The Balaban J connectivity index is 1.25. The molecule has 5 heteroatoms. The number of aromatic nitrogens is 2. The molecule has 1 aromatic carbocycles. The molecule has 5 nitrogen and oxygen atoms in total. The van der Waals surface area contributed by atoms with Crippen LogP contribution in [0.2, 0.25) is 0 Å². The van der Waals surface area contributed by atoms with Gasteiger partial charge in [-0.05, 0) is 85.8 Å². The van der Waals surface area contributed by atoms with E-state index < -0.39 is 0 Å². The van der Waals surface area contributed by atoms with Crippen LogP contribution in [-0.4, -0.2) is 41.0 Å². The smallest absolute Gasteiger partial charge is 0.246 e. The van der Waals surface area contributed by atoms with Crippen molar-refractivity contribution in [1.29, 1.82) is 0 Å². The first kappa shape index (κ1) is 21.2. The molecule has 3 fully saturated rings. The lowest BCUT2D eigenvalue weighted by Gasteiger charge is -2.60. The van der Waals surface area contributed by atoms with Crippen LogP contribution < -0.4 is 4.74 Å². The molecular formula is C28H37N3O2. The third-order valence-electron chi connectivity index (χ3n) is 10.5. The Morgan fingerprint density at radius 1 is 1.15 bits per heavy atom. The molecule has 0 bridgehead atoms. The summed E-state index contributed by atoms with van der Waals surface area (Å²) in [6, 6.07) is 6.46. The molecule has 1 N–H and O–H groups in total. The number of carbonyl (C=O) groups excluding carboxylic acids is 1. The second-order valence-electron chi connectivity index (χ2n) is 11.7. The fourth-order valence-corrected chi connectivity index (χ4v) is 8.68. The summed E-state index contributed by atoms with van der Waals surface area (Å²) in [4.78, 5) is 22.9. The van der Waals surface area contributed by atoms with Crippen LogP contribution in [0.4, 0.5) is 0 Å². The number of H-pyrrole nitrogens is 1. The third-order valence-corrected chi connectivity index (χ3v) is 10.5. The van der Waals surface area contributed by atoms with Crippen molar-refractivity contribution in [3.8, 4) is 5.75 Å². The van der Waals surface area contributed by atoms with E-state index in [0.717, 1.165) is 47.3 Å². The fourth-order valence-electron chi connectivity index (χ4n) is 8.68. The van der Waals surface area contributed by atoms with Gasteiger partial charge in [0, 0.05) is 31.0 Å². The Labute approximate surface area is 197 Å². The SMILES string of the molecule is COc1ccc2nc(C[C@H]3CC[C@H]4[C@@H]5CC[C@H]6N(C)C(=O)C=C[C@]6(C)[C@H]5CC[C@]34C)[nH]c2c1. The van der Waals surface area contributed by atoms with E-state index in [9.17, 15) is 4.79 Å². The molecule has 6 rings (SSSR count). The minimum atomic E-state index is 0.128. The molecule has 3 aliphatic carbocycles. The molecule has 176 valence electrons. The Morgan fingerprint density at radius 2 is 2.00 bits per heavy atom. The van der Waals surface area contributed by atoms with Gasteiger partial charge in [0.2, 0.25) is 5.91 Å². The summed E-state index contributed by atoms with van der Waals surface area (Å²) < 4.78 is 5.39. The Kier molecular flexibility index (Phi) is 4.73. The van der Waals surface area contributed by atoms with Gasteiger partial charge in [-0.15, -0.1) is 0 Å². The predicted molar refractivity (Wildman–Crippen MR) is 130 cm³/mol. The zero-order valence-corrected chi connectivity index (χ0v) is 20.4. The molecule has 7 atom stereocenters. The van der Waals surface area contributed by atoms with Crippen LogP contribution in [0.25, 0.3) is 11.0 Å². The van der Waals surface area contributed by atoms with Crippen molar-refractivity contribution < 1.29 is 9.53 Å². The first-order valence-corrected chi connectivity index (χ1v) is 12.8. The first-order valence-electron chi connectivity index (χ1n) is 12.8. The minimum Gasteiger partial charge on any atom is -0.497 e. The molecule has 0 radical (unpaired) electrons. The number of hydrogen-bond donors (Lipinski definition) is 1. The molecule has 1 aliphatic heterocycles. The van der Waals surface area contributed by atoms with E-state index in [-0.39, 0.29) is 11.3 Å². The van der Waals surface area contributed by atoms with Gasteiger partial charge in [0.05, 0.1) is 18.1 Å². The van der Waals surface area contributed by atoms with Gasteiger partial charge in [-0.1, -0.05) is 19.9 Å². The van der Waals surface area contributed by atoms with E-state index in [4.69, 9.17) is 9.72 Å². The quantitative estimate of drug-likeness (QED) is 0.688. The third kappa shape index (κ3) is 3.03. The van der Waals surface area contributed by atoms with Crippen LogP contribution in [0, 0.1) is 34.5 Å². The van der Waals surface area contributed by atoms with Crippen LogP contribution in [0.5, 0.6) is 5.75 Å². The molecule has 0 unspecified atom stereocenters. The lowest BCUT2D eigenvalue weighted by Crippen LogP contribution is -2.59. The summed E-state index contributed by atoms with van der Waals surface area (Å²) in [5.74, 6) is 5.12. The lowest BCUT2D eigenvalue weighted by atomic mass is 9.47. The number of ether oxygens (including phenoxy) is 1. The molecule has 4 aliphatic rings. The van der Waals surface area contributed by atoms with Crippen LogP contribution in [0.1, 0.15) is 58.2 Å². The summed E-state index contributed by atoms with van der Waals surface area (Å²) in [7, 11) is 3.72. The van der Waals surface area contributed by atoms with Crippen molar-refractivity contribution >= 4 is 16.9 Å². The largest absolute Gasteiger partial charge is 0.497 e. The van der Waals surface area contributed by atoms with Crippen molar-refractivity contribution in [3.63, 3.8) is 0 Å². The number of benzene rings is 1. The minimum absolute atomic E-state index is 0.128. The molecule has 2 heterocycles. The summed E-state index contributed by atoms with van der Waals surface area (Å²) in [6.07, 6.45) is 12.8. The Bertz CT molecular complexity index is 1120. The van der Waals surface area contributed by atoms with Crippen LogP contribution in [0.3, 0.4) is 0 Å². The number of likely N-dealkylation sites (N-methyl/N-ethyl adjacent to an activating group) is 1. The van der Waals surface area contributed by atoms with Crippen molar-refractivity contribution in [1.82, 2.24) is 14.9 Å². The molecule has 1 aromatic heterocycles. The van der Waals surface area contributed by atoms with Crippen LogP contribution in [-0.2, 0) is 11.2 Å². The second kappa shape index (κ2) is 7.35. The van der Waals surface area contributed by atoms with E-state index >= 15 is 0 Å². The summed E-state index contributed by atoms with van der Waals surface area (Å²) in [5.41, 5.74) is 2.62. The fraction of sp³-hybridized carbons (Fsp3) is 0.643. The van der Waals surface area contributed by atoms with E-state index in [1.165, 1.54) is 32.1 Å². The number of aromatic amines is 1. The molecular weight excluding hydrogens is 410 g/mol. The van der Waals surface area contributed by atoms with Gasteiger partial charge < -0.3 is 14.6 Å². The number of methoxy groups -OCH3 is 1. The number of nitrogens with zero attached hydrogens (tertiary/aromatic N) is 2. The van der Waals surface area contributed by atoms with E-state index in [1.807, 2.05) is 24.1 Å². The van der Waals surface area contributed by atoms with E-state index in [2.05, 4.69) is 37.0 Å². The molecule has 0 spiro atoms. The second-order valence-corrected chi connectivity index (χ2v) is 11.7.